The lowest BCUT2D eigenvalue weighted by Gasteiger charge is -2.56. The third-order valence-electron chi connectivity index (χ3n) is 8.78. The van der Waals surface area contributed by atoms with Gasteiger partial charge in [-0.05, 0) is 114 Å². The standard InChI is InChI=1S/C26H31F2N3.C3H7N/c1-18-22-17-21(28)8-9-23(22)29-24(18)26(31-14-5-15-31)12-10-25(11-13-26,30(2)3)19-6-4-7-20(27)16-19;1-2-4-3-1/h4,6-9,16-17,29H,5,10-15H2,1-3H3;4H,1-3H2. The Labute approximate surface area is 207 Å². The molecule has 0 spiro atoms. The number of H-pyrrole nitrogens is 1. The third-order valence-corrected chi connectivity index (χ3v) is 8.78. The molecule has 35 heavy (non-hydrogen) atoms. The van der Waals surface area contributed by atoms with E-state index in [4.69, 9.17) is 0 Å². The molecule has 2 aromatic carbocycles. The lowest BCUT2D eigenvalue weighted by molar-refractivity contribution is -0.0467. The van der Waals surface area contributed by atoms with Crippen molar-refractivity contribution in [2.24, 2.45) is 0 Å². The molecule has 3 heterocycles. The molecule has 0 bridgehead atoms. The van der Waals surface area contributed by atoms with Crippen molar-refractivity contribution < 1.29 is 8.78 Å². The molecule has 4 nitrogen and oxygen atoms in total. The second-order valence-corrected chi connectivity index (χ2v) is 10.7. The van der Waals surface area contributed by atoms with Crippen molar-refractivity contribution >= 4 is 10.9 Å². The summed E-state index contributed by atoms with van der Waals surface area (Å²) in [5.74, 6) is -0.368. The fourth-order valence-electron chi connectivity index (χ4n) is 6.26. The van der Waals surface area contributed by atoms with Crippen molar-refractivity contribution in [2.45, 2.75) is 56.5 Å². The van der Waals surface area contributed by atoms with Crippen LogP contribution in [0.5, 0.6) is 0 Å². The number of nitrogens with zero attached hydrogens (tertiary/aromatic N) is 2. The molecule has 188 valence electrons. The first-order valence-electron chi connectivity index (χ1n) is 13.0. The Kier molecular flexibility index (Phi) is 6.73. The Morgan fingerprint density at radius 1 is 0.886 bits per heavy atom. The van der Waals surface area contributed by atoms with Gasteiger partial charge in [-0.1, -0.05) is 12.1 Å². The van der Waals surface area contributed by atoms with Crippen molar-refractivity contribution in [3.63, 3.8) is 0 Å². The summed E-state index contributed by atoms with van der Waals surface area (Å²) in [7, 11) is 4.22. The van der Waals surface area contributed by atoms with Gasteiger partial charge in [-0.2, -0.15) is 0 Å². The third kappa shape index (κ3) is 4.30. The number of aromatic nitrogens is 1. The zero-order valence-electron chi connectivity index (χ0n) is 21.3. The van der Waals surface area contributed by atoms with Crippen molar-refractivity contribution in [1.82, 2.24) is 20.1 Å². The van der Waals surface area contributed by atoms with Gasteiger partial charge in [0.1, 0.15) is 11.6 Å². The monoisotopic (exact) mass is 480 g/mol. The van der Waals surface area contributed by atoms with Crippen molar-refractivity contribution in [2.75, 3.05) is 40.3 Å². The Morgan fingerprint density at radius 2 is 1.54 bits per heavy atom. The summed E-state index contributed by atoms with van der Waals surface area (Å²) in [5.41, 5.74) is 4.20. The minimum atomic E-state index is -0.194. The van der Waals surface area contributed by atoms with E-state index in [0.29, 0.717) is 0 Å². The van der Waals surface area contributed by atoms with Crippen LogP contribution in [0.25, 0.3) is 10.9 Å². The number of fused-ring (bicyclic) bond motifs is 1. The molecule has 1 aliphatic carbocycles. The van der Waals surface area contributed by atoms with Gasteiger partial charge in [0.2, 0.25) is 0 Å². The average Bonchev–Trinajstić information content (AvgIpc) is 3.08. The van der Waals surface area contributed by atoms with Crippen LogP contribution in [0.2, 0.25) is 0 Å². The highest BCUT2D eigenvalue weighted by Gasteiger charge is 2.51. The van der Waals surface area contributed by atoms with Gasteiger partial charge in [0.15, 0.2) is 0 Å². The SMILES string of the molecule is C1CNC1.Cc1c(C2(N3CCC3)CCC(c3cccc(F)c3)(N(C)C)CC2)[nH]c2ccc(F)cc12. The van der Waals surface area contributed by atoms with Gasteiger partial charge in [0.05, 0.1) is 5.54 Å². The van der Waals surface area contributed by atoms with E-state index < -0.39 is 0 Å². The molecular weight excluding hydrogens is 442 g/mol. The number of rotatable bonds is 4. The Bertz CT molecular complexity index is 1160. The van der Waals surface area contributed by atoms with Crippen LogP contribution in [0.15, 0.2) is 42.5 Å². The highest BCUT2D eigenvalue weighted by molar-refractivity contribution is 5.85. The van der Waals surface area contributed by atoms with Gasteiger partial charge in [-0.15, -0.1) is 0 Å². The highest BCUT2D eigenvalue weighted by Crippen LogP contribution is 2.53. The van der Waals surface area contributed by atoms with Crippen LogP contribution >= 0.6 is 0 Å². The predicted octanol–water partition coefficient (Wildman–Crippen LogP) is 5.67. The first-order valence-corrected chi connectivity index (χ1v) is 13.0. The van der Waals surface area contributed by atoms with Crippen LogP contribution in [-0.4, -0.2) is 55.1 Å². The molecular formula is C29H38F2N4. The van der Waals surface area contributed by atoms with Crippen molar-refractivity contribution in [3.8, 4) is 0 Å². The number of hydrogen-bond acceptors (Lipinski definition) is 3. The zero-order valence-corrected chi connectivity index (χ0v) is 21.3. The van der Waals surface area contributed by atoms with E-state index in [2.05, 4.69) is 47.2 Å². The van der Waals surface area contributed by atoms with E-state index in [0.717, 1.165) is 60.8 Å². The molecule has 0 unspecified atom stereocenters. The normalized spacial score (nSPS) is 26.7. The van der Waals surface area contributed by atoms with Crippen LogP contribution in [0.1, 0.15) is 55.3 Å². The Hall–Kier alpha value is -2.28. The van der Waals surface area contributed by atoms with Gasteiger partial charge in [-0.3, -0.25) is 9.80 Å². The predicted molar refractivity (Wildman–Crippen MR) is 139 cm³/mol. The lowest BCUT2D eigenvalue weighted by Crippen LogP contribution is -2.58. The number of benzene rings is 2. The molecule has 3 aromatic rings. The Morgan fingerprint density at radius 3 is 2.09 bits per heavy atom. The first-order chi connectivity index (χ1) is 16.9. The van der Waals surface area contributed by atoms with Gasteiger partial charge >= 0.3 is 0 Å². The first kappa shape index (κ1) is 24.4. The maximum atomic E-state index is 14.1. The molecule has 1 aromatic heterocycles. The zero-order chi connectivity index (χ0) is 24.6. The number of likely N-dealkylation sites (tertiary alicyclic amines) is 1. The topological polar surface area (TPSA) is 34.3 Å². The summed E-state index contributed by atoms with van der Waals surface area (Å²) >= 11 is 0. The summed E-state index contributed by atoms with van der Waals surface area (Å²) in [6, 6.07) is 12.1. The van der Waals surface area contributed by atoms with E-state index in [-0.39, 0.29) is 22.7 Å². The average molecular weight is 481 g/mol. The molecule has 2 N–H and O–H groups in total. The molecule has 3 fully saturated rings. The smallest absolute Gasteiger partial charge is 0.123 e. The number of hydrogen-bond donors (Lipinski definition) is 2. The van der Waals surface area contributed by atoms with Gasteiger partial charge in [0, 0.05) is 35.2 Å². The molecule has 3 aliphatic rings. The molecule has 0 amide bonds. The van der Waals surface area contributed by atoms with Gasteiger partial charge < -0.3 is 10.3 Å². The second kappa shape index (κ2) is 9.64. The Balaban J connectivity index is 0.000000577. The number of aromatic amines is 1. The molecule has 2 aliphatic heterocycles. The van der Waals surface area contributed by atoms with Gasteiger partial charge in [-0.25, -0.2) is 8.78 Å². The fourth-order valence-corrected chi connectivity index (χ4v) is 6.26. The summed E-state index contributed by atoms with van der Waals surface area (Å²) in [6.45, 7) is 6.81. The minimum Gasteiger partial charge on any atom is -0.357 e. The molecule has 2 saturated heterocycles. The second-order valence-electron chi connectivity index (χ2n) is 10.7. The summed E-state index contributed by atoms with van der Waals surface area (Å²) in [4.78, 5) is 8.55. The highest BCUT2D eigenvalue weighted by atomic mass is 19.1. The number of aryl methyl sites for hydroxylation is 1. The van der Waals surface area contributed by atoms with E-state index in [1.165, 1.54) is 43.8 Å². The van der Waals surface area contributed by atoms with E-state index in [1.807, 2.05) is 12.1 Å². The largest absolute Gasteiger partial charge is 0.357 e. The number of halogens is 2. The van der Waals surface area contributed by atoms with E-state index in [9.17, 15) is 8.78 Å². The molecule has 0 atom stereocenters. The van der Waals surface area contributed by atoms with Crippen molar-refractivity contribution in [1.29, 1.82) is 0 Å². The summed E-state index contributed by atoms with van der Waals surface area (Å²) in [6.07, 6.45) is 6.47. The summed E-state index contributed by atoms with van der Waals surface area (Å²) < 4.78 is 28.1. The fraction of sp³-hybridized carbons (Fsp3) is 0.517. The van der Waals surface area contributed by atoms with Gasteiger partial charge in [0.25, 0.3) is 0 Å². The maximum absolute atomic E-state index is 14.1. The number of nitrogens with one attached hydrogen (secondary N) is 2. The molecule has 6 heteroatoms. The van der Waals surface area contributed by atoms with E-state index in [1.54, 1.807) is 12.1 Å². The molecule has 6 rings (SSSR count). The van der Waals surface area contributed by atoms with Crippen molar-refractivity contribution in [3.05, 3.63) is 70.9 Å². The van der Waals surface area contributed by atoms with Crippen LogP contribution in [0.4, 0.5) is 8.78 Å². The van der Waals surface area contributed by atoms with Crippen LogP contribution in [0.3, 0.4) is 0 Å². The quantitative estimate of drug-likeness (QED) is 0.505. The summed E-state index contributed by atoms with van der Waals surface area (Å²) in [5, 5.41) is 4.09. The molecule has 1 saturated carbocycles. The maximum Gasteiger partial charge on any atom is 0.123 e. The van der Waals surface area contributed by atoms with Crippen LogP contribution in [0, 0.1) is 18.6 Å². The van der Waals surface area contributed by atoms with Crippen LogP contribution in [-0.2, 0) is 11.1 Å². The van der Waals surface area contributed by atoms with Crippen LogP contribution < -0.4 is 5.32 Å². The molecule has 0 radical (unpaired) electrons. The lowest BCUT2D eigenvalue weighted by atomic mass is 9.65. The van der Waals surface area contributed by atoms with E-state index >= 15 is 0 Å². The minimum absolute atomic E-state index is 0.0787.